The maximum Gasteiger partial charge on any atom is 0.407 e. The van der Waals surface area contributed by atoms with Gasteiger partial charge in [0.1, 0.15) is 22.7 Å². The zero-order chi connectivity index (χ0) is 40.4. The van der Waals surface area contributed by atoms with Crippen LogP contribution in [0.2, 0.25) is 0 Å². The van der Waals surface area contributed by atoms with Gasteiger partial charge in [-0.3, -0.25) is 9.59 Å². The Morgan fingerprint density at radius 2 is 0.982 bits per heavy atom. The Hall–Kier alpha value is -5.66. The van der Waals surface area contributed by atoms with Gasteiger partial charge in [0.05, 0.1) is 50.1 Å². The Balaban J connectivity index is 1.12. The highest BCUT2D eigenvalue weighted by molar-refractivity contribution is 5.91. The molecule has 14 nitrogen and oxygen atoms in total. The summed E-state index contributed by atoms with van der Waals surface area (Å²) in [4.78, 5) is 71.9. The molecule has 0 aliphatic carbocycles. The van der Waals surface area contributed by atoms with Gasteiger partial charge in [-0.15, -0.1) is 0 Å². The minimum atomic E-state index is -1.12. The summed E-state index contributed by atoms with van der Waals surface area (Å²) in [6, 6.07) is 16.0. The van der Waals surface area contributed by atoms with E-state index >= 15 is 0 Å². The van der Waals surface area contributed by atoms with Gasteiger partial charge in [-0.05, 0) is 73.6 Å². The van der Waals surface area contributed by atoms with Crippen molar-refractivity contribution in [2.24, 2.45) is 11.8 Å². The molecule has 2 aromatic carbocycles. The highest BCUT2D eigenvalue weighted by Gasteiger charge is 2.47. The fraction of sp³-hybridized carbons (Fsp3) is 0.476. The van der Waals surface area contributed by atoms with Gasteiger partial charge < -0.3 is 39.9 Å². The molecule has 4 amide bonds. The minimum absolute atomic E-state index is 0.158. The average Bonchev–Trinajstić information content (AvgIpc) is 4.04. The third-order valence-corrected chi connectivity index (χ3v) is 11.9. The molecule has 14 heteroatoms. The van der Waals surface area contributed by atoms with Gasteiger partial charge in [0.15, 0.2) is 0 Å². The molecule has 4 N–H and O–H groups in total. The molecule has 2 aliphatic rings. The number of nitrogens with one attached hydrogen (secondary N) is 4. The van der Waals surface area contributed by atoms with Crippen LogP contribution in [-0.4, -0.2) is 92.1 Å². The molecule has 4 aromatic rings. The molecular weight excluding hydrogens is 713 g/mol. The second kappa shape index (κ2) is 16.2. The van der Waals surface area contributed by atoms with Gasteiger partial charge in [-0.25, -0.2) is 19.6 Å². The van der Waals surface area contributed by atoms with Gasteiger partial charge in [0.2, 0.25) is 11.8 Å². The van der Waals surface area contributed by atoms with E-state index in [0.29, 0.717) is 24.7 Å². The first-order chi connectivity index (χ1) is 26.7. The molecule has 0 spiro atoms. The van der Waals surface area contributed by atoms with Crippen molar-refractivity contribution >= 4 is 24.0 Å². The van der Waals surface area contributed by atoms with Crippen molar-refractivity contribution in [2.75, 3.05) is 27.3 Å². The average molecular weight is 767 g/mol. The van der Waals surface area contributed by atoms with E-state index in [9.17, 15) is 19.2 Å². The number of imidazole rings is 2. The molecule has 2 aromatic heterocycles. The monoisotopic (exact) mass is 766 g/mol. The van der Waals surface area contributed by atoms with Crippen LogP contribution < -0.4 is 10.6 Å². The first kappa shape index (κ1) is 40.0. The predicted octanol–water partition coefficient (Wildman–Crippen LogP) is 7.00. The van der Waals surface area contributed by atoms with E-state index in [4.69, 9.17) is 19.4 Å². The van der Waals surface area contributed by atoms with Crippen LogP contribution in [0.3, 0.4) is 0 Å². The summed E-state index contributed by atoms with van der Waals surface area (Å²) in [5.41, 5.74) is 3.51. The van der Waals surface area contributed by atoms with Gasteiger partial charge in [0, 0.05) is 13.1 Å². The first-order valence-electron chi connectivity index (χ1n) is 19.4. The lowest BCUT2D eigenvalue weighted by Crippen LogP contribution is -2.60. The topological polar surface area (TPSA) is 175 Å². The smallest absolute Gasteiger partial charge is 0.407 e. The van der Waals surface area contributed by atoms with E-state index in [1.807, 2.05) is 37.5 Å². The van der Waals surface area contributed by atoms with Crippen LogP contribution >= 0.6 is 0 Å². The van der Waals surface area contributed by atoms with Gasteiger partial charge in [0.25, 0.3) is 0 Å². The maximum atomic E-state index is 13.8. The highest BCUT2D eigenvalue weighted by atomic mass is 16.5. The third-order valence-electron chi connectivity index (χ3n) is 11.9. The SMILES string of the molecule is COC(=O)N[C@](C)(C(=O)N1CCC[C@H]1c1ncc(-c2ccc(-c3ccc(-c4cnc([C@@H]5CCCN5C(=O)[C@@](C)(NC(=O)OC)C(C)C)[nH]4)cc3)cc2)[nH]1)C(C)C. The Labute approximate surface area is 328 Å². The van der Waals surface area contributed by atoms with Crippen molar-refractivity contribution in [1.82, 2.24) is 40.4 Å². The number of hydrogen-bond donors (Lipinski definition) is 4. The van der Waals surface area contributed by atoms with E-state index in [2.05, 4.69) is 69.1 Å². The number of hydrogen-bond acceptors (Lipinski definition) is 8. The summed E-state index contributed by atoms with van der Waals surface area (Å²) in [5.74, 6) is 0.800. The number of amides is 4. The van der Waals surface area contributed by atoms with Gasteiger partial charge >= 0.3 is 12.2 Å². The summed E-state index contributed by atoms with van der Waals surface area (Å²) in [6.07, 6.45) is 5.54. The number of alkyl carbamates (subject to hydrolysis) is 2. The number of methoxy groups -OCH3 is 2. The molecule has 4 heterocycles. The lowest BCUT2D eigenvalue weighted by atomic mass is 9.86. The van der Waals surface area contributed by atoms with Crippen molar-refractivity contribution in [3.8, 4) is 33.6 Å². The second-order valence-corrected chi connectivity index (χ2v) is 15.8. The molecule has 2 fully saturated rings. The van der Waals surface area contributed by atoms with Crippen LogP contribution in [0.15, 0.2) is 60.9 Å². The summed E-state index contributed by atoms with van der Waals surface area (Å²) < 4.78 is 9.64. The van der Waals surface area contributed by atoms with Crippen molar-refractivity contribution in [1.29, 1.82) is 0 Å². The highest BCUT2D eigenvalue weighted by Crippen LogP contribution is 2.37. The largest absolute Gasteiger partial charge is 0.453 e. The predicted molar refractivity (Wildman–Crippen MR) is 212 cm³/mol. The molecule has 0 radical (unpaired) electrons. The van der Waals surface area contributed by atoms with E-state index in [-0.39, 0.29) is 35.7 Å². The van der Waals surface area contributed by atoms with Crippen LogP contribution in [-0.2, 0) is 19.1 Å². The molecule has 2 saturated heterocycles. The molecular formula is C42H54N8O6. The number of H-pyrrole nitrogens is 2. The molecule has 2 aliphatic heterocycles. The summed E-state index contributed by atoms with van der Waals surface area (Å²) in [7, 11) is 2.58. The first-order valence-corrected chi connectivity index (χ1v) is 19.4. The van der Waals surface area contributed by atoms with Crippen LogP contribution in [0.4, 0.5) is 9.59 Å². The van der Waals surface area contributed by atoms with E-state index < -0.39 is 23.3 Å². The van der Waals surface area contributed by atoms with Crippen LogP contribution in [0.1, 0.15) is 91.0 Å². The second-order valence-electron chi connectivity index (χ2n) is 15.8. The zero-order valence-electron chi connectivity index (χ0n) is 33.6. The quantitative estimate of drug-likeness (QED) is 0.126. The summed E-state index contributed by atoms with van der Waals surface area (Å²) in [5, 5.41) is 5.54. The zero-order valence-corrected chi connectivity index (χ0v) is 33.6. The Morgan fingerprint density at radius 1 is 0.643 bits per heavy atom. The van der Waals surface area contributed by atoms with Gasteiger partial charge in [-0.2, -0.15) is 0 Å². The molecule has 6 rings (SSSR count). The lowest BCUT2D eigenvalue weighted by Gasteiger charge is -2.37. The molecule has 56 heavy (non-hydrogen) atoms. The third kappa shape index (κ3) is 7.74. The Morgan fingerprint density at radius 3 is 1.30 bits per heavy atom. The van der Waals surface area contributed by atoms with Crippen molar-refractivity contribution in [3.63, 3.8) is 0 Å². The van der Waals surface area contributed by atoms with Gasteiger partial charge in [-0.1, -0.05) is 76.2 Å². The van der Waals surface area contributed by atoms with E-state index in [0.717, 1.165) is 59.3 Å². The standard InChI is InChI=1S/C42H54N8O6/c1-25(2)41(5,47-39(53)55-7)37(51)49-21-9-11-33(49)35-43-23-31(45-35)29-17-13-27(14-18-29)28-15-19-30(20-16-28)32-24-44-36(46-32)34-12-10-22-50(34)38(52)42(6,26(3)4)48-40(54)56-8/h13-20,23-26,33-34H,9-12,21-22H2,1-8H3,(H,43,45)(H,44,46)(H,47,53)(H,48,54)/t33-,34-,41-,42-/m0/s1. The number of carbonyl (C=O) groups is 4. The molecule has 298 valence electrons. The Bertz CT molecular complexity index is 1890. The number of nitrogens with zero attached hydrogens (tertiary/aromatic N) is 4. The Kier molecular flexibility index (Phi) is 11.6. The number of rotatable bonds is 11. The van der Waals surface area contributed by atoms with Crippen molar-refractivity contribution in [3.05, 3.63) is 72.6 Å². The number of carbonyl (C=O) groups excluding carboxylic acids is 4. The maximum absolute atomic E-state index is 13.8. The molecule has 0 saturated carbocycles. The molecule has 0 bridgehead atoms. The van der Waals surface area contributed by atoms with Crippen LogP contribution in [0.5, 0.6) is 0 Å². The van der Waals surface area contributed by atoms with Crippen molar-refractivity contribution in [2.45, 2.75) is 90.4 Å². The molecule has 0 unspecified atom stereocenters. The number of aromatic amines is 2. The number of ether oxygens (including phenoxy) is 2. The lowest BCUT2D eigenvalue weighted by molar-refractivity contribution is -0.141. The molecule has 4 atom stereocenters. The van der Waals surface area contributed by atoms with Crippen LogP contribution in [0, 0.1) is 11.8 Å². The minimum Gasteiger partial charge on any atom is -0.453 e. The number of aromatic nitrogens is 4. The van der Waals surface area contributed by atoms with E-state index in [1.54, 1.807) is 26.2 Å². The normalized spacial score (nSPS) is 19.1. The fourth-order valence-corrected chi connectivity index (χ4v) is 7.59. The van der Waals surface area contributed by atoms with Crippen LogP contribution in [0.25, 0.3) is 33.6 Å². The van der Waals surface area contributed by atoms with E-state index in [1.165, 1.54) is 14.2 Å². The summed E-state index contributed by atoms with van der Waals surface area (Å²) >= 11 is 0. The number of benzene rings is 2. The van der Waals surface area contributed by atoms with Crippen molar-refractivity contribution < 1.29 is 28.7 Å². The summed E-state index contributed by atoms with van der Waals surface area (Å²) in [6.45, 7) is 12.3. The fourth-order valence-electron chi connectivity index (χ4n) is 7.59. The number of likely N-dealkylation sites (tertiary alicyclic amines) is 2.